The molecule has 1 aromatic carbocycles. The van der Waals surface area contributed by atoms with Crippen LogP contribution in [0.2, 0.25) is 0 Å². The van der Waals surface area contributed by atoms with Crippen molar-refractivity contribution in [2.24, 2.45) is 5.73 Å². The van der Waals surface area contributed by atoms with Gasteiger partial charge in [0, 0.05) is 17.8 Å². The number of anilines is 1. The van der Waals surface area contributed by atoms with Crippen LogP contribution in [-0.2, 0) is 4.79 Å². The molecule has 1 atom stereocenters. The lowest BCUT2D eigenvalue weighted by molar-refractivity contribution is -0.384. The molecule has 0 spiro atoms. The van der Waals surface area contributed by atoms with E-state index in [0.29, 0.717) is 12.1 Å². The highest BCUT2D eigenvalue weighted by atomic mass is 16.6. The lowest BCUT2D eigenvalue weighted by Gasteiger charge is -2.21. The largest absolute Gasteiger partial charge is 0.324 e. The first kappa shape index (κ1) is 13.1. The minimum atomic E-state index is -0.982. The predicted molar refractivity (Wildman–Crippen MR) is 64.6 cm³/mol. The van der Waals surface area contributed by atoms with Gasteiger partial charge in [-0.2, -0.15) is 0 Å². The Balaban J connectivity index is 2.86. The van der Waals surface area contributed by atoms with Crippen molar-refractivity contribution in [3.63, 3.8) is 0 Å². The quantitative estimate of drug-likeness (QED) is 0.614. The fourth-order valence-corrected chi connectivity index (χ4v) is 1.13. The summed E-state index contributed by atoms with van der Waals surface area (Å²) in [5, 5.41) is 13.1. The first-order valence-corrected chi connectivity index (χ1v) is 5.21. The molecule has 0 aromatic heterocycles. The maximum atomic E-state index is 11.7. The maximum Gasteiger partial charge on any atom is 0.271 e. The third-order valence-electron chi connectivity index (χ3n) is 2.57. The number of amides is 1. The Labute approximate surface area is 99.0 Å². The van der Waals surface area contributed by atoms with E-state index in [1.807, 2.05) is 0 Å². The van der Waals surface area contributed by atoms with Crippen LogP contribution < -0.4 is 11.1 Å². The fraction of sp³-hybridized carbons (Fsp3) is 0.364. The van der Waals surface area contributed by atoms with Gasteiger partial charge < -0.3 is 11.1 Å². The Bertz CT molecular complexity index is 443. The summed E-state index contributed by atoms with van der Waals surface area (Å²) in [7, 11) is 0. The number of hydrogen-bond donors (Lipinski definition) is 2. The van der Waals surface area contributed by atoms with Crippen LogP contribution in [0.15, 0.2) is 24.3 Å². The number of carbonyl (C=O) groups excluding carboxylic acids is 1. The zero-order valence-electron chi connectivity index (χ0n) is 9.77. The van der Waals surface area contributed by atoms with E-state index in [2.05, 4.69) is 5.32 Å². The van der Waals surface area contributed by atoms with E-state index in [1.54, 1.807) is 19.9 Å². The van der Waals surface area contributed by atoms with Crippen LogP contribution in [0.4, 0.5) is 11.4 Å². The van der Waals surface area contributed by atoms with Crippen molar-refractivity contribution in [3.8, 4) is 0 Å². The zero-order valence-corrected chi connectivity index (χ0v) is 9.77. The number of hydrogen-bond acceptors (Lipinski definition) is 4. The number of rotatable bonds is 4. The Kier molecular flexibility index (Phi) is 3.80. The van der Waals surface area contributed by atoms with Gasteiger partial charge in [0.2, 0.25) is 5.91 Å². The summed E-state index contributed by atoms with van der Waals surface area (Å²) in [6.45, 7) is 3.41. The summed E-state index contributed by atoms with van der Waals surface area (Å²) in [6, 6.07) is 5.74. The highest BCUT2D eigenvalue weighted by Gasteiger charge is 2.26. The minimum absolute atomic E-state index is 0.0713. The summed E-state index contributed by atoms with van der Waals surface area (Å²) in [5.41, 5.74) is 5.08. The van der Waals surface area contributed by atoms with Crippen LogP contribution in [0, 0.1) is 10.1 Å². The summed E-state index contributed by atoms with van der Waals surface area (Å²) >= 11 is 0. The molecule has 1 amide bonds. The van der Waals surface area contributed by atoms with Gasteiger partial charge in [-0.1, -0.05) is 13.0 Å². The molecule has 1 rings (SSSR count). The normalized spacial score (nSPS) is 13.8. The molecule has 0 radical (unpaired) electrons. The number of nitrogens with zero attached hydrogens (tertiary/aromatic N) is 1. The van der Waals surface area contributed by atoms with Gasteiger partial charge in [0.05, 0.1) is 10.5 Å². The minimum Gasteiger partial charge on any atom is -0.324 e. The fourth-order valence-electron chi connectivity index (χ4n) is 1.13. The number of non-ortho nitro benzene ring substituents is 1. The summed E-state index contributed by atoms with van der Waals surface area (Å²) in [5.74, 6) is -0.361. The van der Waals surface area contributed by atoms with Gasteiger partial charge in [0.25, 0.3) is 5.69 Å². The van der Waals surface area contributed by atoms with Gasteiger partial charge in [0.1, 0.15) is 0 Å². The van der Waals surface area contributed by atoms with Crippen LogP contribution in [-0.4, -0.2) is 16.4 Å². The lowest BCUT2D eigenvalue weighted by Crippen LogP contribution is -2.47. The zero-order chi connectivity index (χ0) is 13.1. The molecule has 0 saturated heterocycles. The molecule has 0 bridgehead atoms. The second kappa shape index (κ2) is 4.92. The molecule has 0 saturated carbocycles. The van der Waals surface area contributed by atoms with Crippen molar-refractivity contribution in [2.75, 3.05) is 5.32 Å². The Morgan fingerprint density at radius 2 is 2.24 bits per heavy atom. The van der Waals surface area contributed by atoms with E-state index in [-0.39, 0.29) is 11.6 Å². The third kappa shape index (κ3) is 3.25. The van der Waals surface area contributed by atoms with E-state index in [4.69, 9.17) is 5.73 Å². The van der Waals surface area contributed by atoms with Crippen molar-refractivity contribution in [1.29, 1.82) is 0 Å². The molecular weight excluding hydrogens is 222 g/mol. The SMILES string of the molecule is CCC(C)(N)C(=O)Nc1cccc([N+](=O)[O-])c1. The highest BCUT2D eigenvalue weighted by Crippen LogP contribution is 2.18. The average Bonchev–Trinajstić information content (AvgIpc) is 2.29. The standard InChI is InChI=1S/C11H15N3O3/c1-3-11(2,12)10(15)13-8-5-4-6-9(7-8)14(16)17/h4-7H,3,12H2,1-2H3,(H,13,15). The molecular formula is C11H15N3O3. The van der Waals surface area contributed by atoms with Crippen molar-refractivity contribution >= 4 is 17.3 Å². The van der Waals surface area contributed by atoms with Crippen molar-refractivity contribution in [3.05, 3.63) is 34.4 Å². The van der Waals surface area contributed by atoms with Crippen LogP contribution >= 0.6 is 0 Å². The molecule has 0 aliphatic heterocycles. The van der Waals surface area contributed by atoms with E-state index < -0.39 is 10.5 Å². The van der Waals surface area contributed by atoms with Gasteiger partial charge >= 0.3 is 0 Å². The summed E-state index contributed by atoms with van der Waals surface area (Å²) in [6.07, 6.45) is 0.480. The number of nitro benzene ring substituents is 1. The molecule has 1 aromatic rings. The Morgan fingerprint density at radius 3 is 2.76 bits per heavy atom. The monoisotopic (exact) mass is 237 g/mol. The highest BCUT2D eigenvalue weighted by molar-refractivity contribution is 5.97. The van der Waals surface area contributed by atoms with Crippen molar-refractivity contribution < 1.29 is 9.72 Å². The maximum absolute atomic E-state index is 11.7. The van der Waals surface area contributed by atoms with Crippen molar-refractivity contribution in [2.45, 2.75) is 25.8 Å². The summed E-state index contributed by atoms with van der Waals surface area (Å²) < 4.78 is 0. The van der Waals surface area contributed by atoms with Gasteiger partial charge in [0.15, 0.2) is 0 Å². The van der Waals surface area contributed by atoms with Gasteiger partial charge in [-0.15, -0.1) is 0 Å². The van der Waals surface area contributed by atoms with Crippen molar-refractivity contribution in [1.82, 2.24) is 0 Å². The van der Waals surface area contributed by atoms with Crippen LogP contribution in [0.25, 0.3) is 0 Å². The molecule has 0 aliphatic rings. The predicted octanol–water partition coefficient (Wildman–Crippen LogP) is 1.66. The first-order chi connectivity index (χ1) is 7.86. The molecule has 0 fully saturated rings. The molecule has 3 N–H and O–H groups in total. The van der Waals surface area contributed by atoms with Gasteiger partial charge in [-0.25, -0.2) is 0 Å². The van der Waals surface area contributed by atoms with E-state index in [9.17, 15) is 14.9 Å². The van der Waals surface area contributed by atoms with Gasteiger partial charge in [-0.05, 0) is 19.4 Å². The molecule has 0 aliphatic carbocycles. The smallest absolute Gasteiger partial charge is 0.271 e. The lowest BCUT2D eigenvalue weighted by atomic mass is 9.99. The number of nitrogens with two attached hydrogens (primary N) is 1. The summed E-state index contributed by atoms with van der Waals surface area (Å²) in [4.78, 5) is 21.8. The topological polar surface area (TPSA) is 98.3 Å². The average molecular weight is 237 g/mol. The number of nitrogens with one attached hydrogen (secondary N) is 1. The Hall–Kier alpha value is -1.95. The molecule has 1 unspecified atom stereocenters. The second-order valence-electron chi connectivity index (χ2n) is 4.03. The third-order valence-corrected chi connectivity index (χ3v) is 2.57. The Morgan fingerprint density at radius 1 is 1.59 bits per heavy atom. The van der Waals surface area contributed by atoms with Crippen LogP contribution in [0.5, 0.6) is 0 Å². The van der Waals surface area contributed by atoms with E-state index in [1.165, 1.54) is 18.2 Å². The number of benzene rings is 1. The first-order valence-electron chi connectivity index (χ1n) is 5.21. The molecule has 0 heterocycles. The molecule has 6 nitrogen and oxygen atoms in total. The second-order valence-corrected chi connectivity index (χ2v) is 4.03. The number of nitro groups is 1. The van der Waals surface area contributed by atoms with E-state index >= 15 is 0 Å². The van der Waals surface area contributed by atoms with Gasteiger partial charge in [-0.3, -0.25) is 14.9 Å². The van der Waals surface area contributed by atoms with Crippen LogP contribution in [0.3, 0.4) is 0 Å². The molecule has 17 heavy (non-hydrogen) atoms. The van der Waals surface area contributed by atoms with E-state index in [0.717, 1.165) is 0 Å². The molecule has 6 heteroatoms. The van der Waals surface area contributed by atoms with Crippen LogP contribution in [0.1, 0.15) is 20.3 Å². The molecule has 92 valence electrons. The number of carbonyl (C=O) groups is 1.